The van der Waals surface area contributed by atoms with Gasteiger partial charge in [0.2, 0.25) is 0 Å². The first-order valence-electron chi connectivity index (χ1n) is 8.97. The van der Waals surface area contributed by atoms with Crippen molar-refractivity contribution in [2.24, 2.45) is 0 Å². The Labute approximate surface area is 136 Å². The molecule has 4 nitrogen and oxygen atoms in total. The van der Waals surface area contributed by atoms with Gasteiger partial charge in [-0.1, -0.05) is 58.3 Å². The summed E-state index contributed by atoms with van der Waals surface area (Å²) in [5, 5.41) is 0. The Balaban J connectivity index is 1.94. The lowest BCUT2D eigenvalue weighted by Gasteiger charge is -2.25. The smallest absolute Gasteiger partial charge is 0.307 e. The lowest BCUT2D eigenvalue weighted by atomic mass is 10.1. The van der Waals surface area contributed by atoms with Gasteiger partial charge in [0, 0.05) is 25.9 Å². The molecule has 1 aliphatic rings. The third kappa shape index (κ3) is 8.30. The summed E-state index contributed by atoms with van der Waals surface area (Å²) < 4.78 is 5.46. The van der Waals surface area contributed by atoms with E-state index in [1.165, 1.54) is 44.9 Å². The molecule has 0 amide bonds. The molecule has 0 aliphatic carbocycles. The fraction of sp³-hybridized carbons (Fsp3) is 0.833. The first kappa shape index (κ1) is 18.9. The molecule has 1 rings (SSSR count). The molecule has 0 aromatic carbocycles. The van der Waals surface area contributed by atoms with Gasteiger partial charge in [-0.25, -0.2) is 0 Å². The van der Waals surface area contributed by atoms with Crippen molar-refractivity contribution < 1.29 is 9.53 Å². The van der Waals surface area contributed by atoms with Crippen LogP contribution in [0.5, 0.6) is 0 Å². The highest BCUT2D eigenvalue weighted by molar-refractivity contribution is 5.69. The van der Waals surface area contributed by atoms with Crippen LogP contribution in [0.3, 0.4) is 0 Å². The number of ether oxygens (including phenoxy) is 1. The van der Waals surface area contributed by atoms with E-state index in [0.717, 1.165) is 19.5 Å². The summed E-state index contributed by atoms with van der Waals surface area (Å²) in [4.78, 5) is 15.9. The second kappa shape index (κ2) is 11.4. The molecule has 1 atom stereocenters. The predicted molar refractivity (Wildman–Crippen MR) is 91.0 cm³/mol. The predicted octanol–water partition coefficient (Wildman–Crippen LogP) is 4.47. The van der Waals surface area contributed by atoms with Crippen molar-refractivity contribution in [1.82, 2.24) is 9.80 Å². The van der Waals surface area contributed by atoms with Gasteiger partial charge in [0.15, 0.2) is 6.23 Å². The van der Waals surface area contributed by atoms with E-state index in [2.05, 4.69) is 11.8 Å². The Kier molecular flexibility index (Phi) is 9.76. The minimum atomic E-state index is -0.174. The number of carbonyl (C=O) groups is 1. The molecule has 0 aromatic heterocycles. The van der Waals surface area contributed by atoms with Gasteiger partial charge in [-0.3, -0.25) is 4.79 Å². The normalized spacial score (nSPS) is 15.4. The van der Waals surface area contributed by atoms with Gasteiger partial charge in [-0.15, -0.1) is 0 Å². The zero-order valence-electron chi connectivity index (χ0n) is 14.7. The summed E-state index contributed by atoms with van der Waals surface area (Å²) in [7, 11) is 2.01. The third-order valence-corrected chi connectivity index (χ3v) is 4.15. The summed E-state index contributed by atoms with van der Waals surface area (Å²) in [5.74, 6) is -0.0709. The molecule has 0 N–H and O–H groups in total. The van der Waals surface area contributed by atoms with Gasteiger partial charge in [-0.2, -0.15) is 0 Å². The van der Waals surface area contributed by atoms with Crippen LogP contribution in [0.15, 0.2) is 12.4 Å². The summed E-state index contributed by atoms with van der Waals surface area (Å²) in [6.45, 7) is 4.96. The zero-order chi connectivity index (χ0) is 16.2. The van der Waals surface area contributed by atoms with Crippen LogP contribution in [-0.4, -0.2) is 35.7 Å². The molecule has 0 fully saturated rings. The monoisotopic (exact) mass is 310 g/mol. The number of nitrogens with zero attached hydrogens (tertiary/aromatic N) is 2. The van der Waals surface area contributed by atoms with Crippen LogP contribution in [0.4, 0.5) is 0 Å². The van der Waals surface area contributed by atoms with E-state index >= 15 is 0 Å². The van der Waals surface area contributed by atoms with Crippen LogP contribution in [0, 0.1) is 0 Å². The van der Waals surface area contributed by atoms with Crippen LogP contribution >= 0.6 is 0 Å². The van der Waals surface area contributed by atoms with Crippen molar-refractivity contribution in [3.63, 3.8) is 0 Å². The molecule has 0 saturated heterocycles. The number of rotatable bonds is 12. The highest BCUT2D eigenvalue weighted by atomic mass is 16.6. The molecular formula is C18H34N2O2. The first-order valence-corrected chi connectivity index (χ1v) is 8.97. The first-order chi connectivity index (χ1) is 10.6. The van der Waals surface area contributed by atoms with Crippen molar-refractivity contribution in [2.75, 3.05) is 13.7 Å². The number of hydrogen-bond donors (Lipinski definition) is 0. The molecule has 0 aromatic rings. The second-order valence-electron chi connectivity index (χ2n) is 6.38. The summed E-state index contributed by atoms with van der Waals surface area (Å²) in [5.41, 5.74) is 0. The van der Waals surface area contributed by atoms with E-state index in [4.69, 9.17) is 4.74 Å². The summed E-state index contributed by atoms with van der Waals surface area (Å²) in [6, 6.07) is 0. The Morgan fingerprint density at radius 2 is 1.64 bits per heavy atom. The maximum atomic E-state index is 11.8. The molecule has 1 heterocycles. The topological polar surface area (TPSA) is 32.8 Å². The highest BCUT2D eigenvalue weighted by Crippen LogP contribution is 2.13. The molecule has 1 unspecified atom stereocenters. The van der Waals surface area contributed by atoms with Crippen LogP contribution in [0.25, 0.3) is 0 Å². The maximum absolute atomic E-state index is 11.8. The molecule has 22 heavy (non-hydrogen) atoms. The van der Waals surface area contributed by atoms with E-state index in [-0.39, 0.29) is 12.2 Å². The molecule has 0 saturated carbocycles. The van der Waals surface area contributed by atoms with Crippen molar-refractivity contribution in [3.8, 4) is 0 Å². The lowest BCUT2D eigenvalue weighted by Crippen LogP contribution is -2.34. The summed E-state index contributed by atoms with van der Waals surface area (Å²) >= 11 is 0. The highest BCUT2D eigenvalue weighted by Gasteiger charge is 2.18. The Hall–Kier alpha value is -1.19. The van der Waals surface area contributed by atoms with E-state index in [0.29, 0.717) is 6.42 Å². The Bertz CT molecular complexity index is 331. The Morgan fingerprint density at radius 1 is 1.05 bits per heavy atom. The van der Waals surface area contributed by atoms with Gasteiger partial charge in [-0.05, 0) is 13.3 Å². The number of unbranched alkanes of at least 4 members (excludes halogenated alkanes) is 8. The SMILES string of the molecule is CCCCCCCCCCCC(=O)OC(C)N1C=CN(C)C1. The maximum Gasteiger partial charge on any atom is 0.307 e. The molecular weight excluding hydrogens is 276 g/mol. The average molecular weight is 310 g/mol. The minimum absolute atomic E-state index is 0.0709. The van der Waals surface area contributed by atoms with E-state index in [1.807, 2.05) is 31.3 Å². The van der Waals surface area contributed by atoms with Crippen LogP contribution in [-0.2, 0) is 9.53 Å². The van der Waals surface area contributed by atoms with Crippen molar-refractivity contribution in [1.29, 1.82) is 0 Å². The average Bonchev–Trinajstić information content (AvgIpc) is 2.92. The molecule has 128 valence electrons. The van der Waals surface area contributed by atoms with Crippen molar-refractivity contribution >= 4 is 5.97 Å². The fourth-order valence-corrected chi connectivity index (χ4v) is 2.68. The van der Waals surface area contributed by atoms with Crippen LogP contribution in [0.2, 0.25) is 0 Å². The Morgan fingerprint density at radius 3 is 2.18 bits per heavy atom. The fourth-order valence-electron chi connectivity index (χ4n) is 2.68. The van der Waals surface area contributed by atoms with Gasteiger partial charge in [0.05, 0.1) is 6.67 Å². The van der Waals surface area contributed by atoms with Crippen LogP contribution < -0.4 is 0 Å². The standard InChI is InChI=1S/C18H34N2O2/c1-4-5-6-7-8-9-10-11-12-13-18(21)22-17(2)20-15-14-19(3)16-20/h14-15,17H,4-13,16H2,1-3H3. The summed E-state index contributed by atoms with van der Waals surface area (Å²) in [6.07, 6.45) is 15.7. The molecule has 0 spiro atoms. The van der Waals surface area contributed by atoms with Gasteiger partial charge < -0.3 is 14.5 Å². The number of esters is 1. The second-order valence-corrected chi connectivity index (χ2v) is 6.38. The van der Waals surface area contributed by atoms with Crippen LogP contribution in [0.1, 0.15) is 78.1 Å². The molecule has 4 heteroatoms. The molecule has 0 bridgehead atoms. The van der Waals surface area contributed by atoms with Crippen molar-refractivity contribution in [2.45, 2.75) is 84.3 Å². The third-order valence-electron chi connectivity index (χ3n) is 4.15. The largest absolute Gasteiger partial charge is 0.442 e. The molecule has 1 aliphatic heterocycles. The van der Waals surface area contributed by atoms with E-state index < -0.39 is 0 Å². The lowest BCUT2D eigenvalue weighted by molar-refractivity contribution is -0.155. The number of carbonyl (C=O) groups excluding carboxylic acids is 1. The van der Waals surface area contributed by atoms with Gasteiger partial charge in [0.25, 0.3) is 0 Å². The van der Waals surface area contributed by atoms with Gasteiger partial charge in [0.1, 0.15) is 0 Å². The zero-order valence-corrected chi connectivity index (χ0v) is 14.7. The van der Waals surface area contributed by atoms with Gasteiger partial charge >= 0.3 is 5.97 Å². The number of hydrogen-bond acceptors (Lipinski definition) is 4. The van der Waals surface area contributed by atoms with Crippen molar-refractivity contribution in [3.05, 3.63) is 12.4 Å². The minimum Gasteiger partial charge on any atom is -0.442 e. The molecule has 0 radical (unpaired) electrons. The quantitative estimate of drug-likeness (QED) is 0.393. The van der Waals surface area contributed by atoms with E-state index in [1.54, 1.807) is 0 Å². The van der Waals surface area contributed by atoms with E-state index in [9.17, 15) is 4.79 Å².